The number of nitrogens with two attached hydrogens (primary N) is 1. The minimum Gasteiger partial charge on any atom is -0.481 e. The molecule has 0 aliphatic carbocycles. The van der Waals surface area contributed by atoms with Crippen LogP contribution in [0.5, 0.6) is 5.75 Å². The molecular weight excluding hydrogens is 449 g/mol. The molecule has 1 aromatic carbocycles. The van der Waals surface area contributed by atoms with Gasteiger partial charge in [-0.25, -0.2) is 19.5 Å². The smallest absolute Gasteiger partial charge is 0.404 e. The van der Waals surface area contributed by atoms with Gasteiger partial charge < -0.3 is 24.7 Å². The molecule has 0 aliphatic heterocycles. The van der Waals surface area contributed by atoms with E-state index in [1.165, 1.54) is 6.33 Å². The zero-order chi connectivity index (χ0) is 24.1. The van der Waals surface area contributed by atoms with Crippen molar-refractivity contribution >= 4 is 30.5 Å². The largest absolute Gasteiger partial charge is 0.481 e. The molecule has 33 heavy (non-hydrogen) atoms. The topological polar surface area (TPSA) is 152 Å². The molecule has 178 valence electrons. The Morgan fingerprint density at radius 2 is 1.97 bits per heavy atom. The van der Waals surface area contributed by atoms with E-state index in [1.807, 2.05) is 0 Å². The van der Waals surface area contributed by atoms with Crippen molar-refractivity contribution in [1.82, 2.24) is 19.5 Å². The Kier molecular flexibility index (Phi) is 7.68. The first-order chi connectivity index (χ1) is 15.6. The van der Waals surface area contributed by atoms with Gasteiger partial charge in [-0.05, 0) is 39.3 Å². The van der Waals surface area contributed by atoms with E-state index < -0.39 is 25.1 Å². The molecule has 0 saturated carbocycles. The third-order valence-electron chi connectivity index (χ3n) is 4.98. The monoisotopic (exact) mass is 477 g/mol. The van der Waals surface area contributed by atoms with Crippen molar-refractivity contribution in [1.29, 1.82) is 0 Å². The quantitative estimate of drug-likeness (QED) is 0.370. The van der Waals surface area contributed by atoms with E-state index in [1.54, 1.807) is 62.0 Å². The summed E-state index contributed by atoms with van der Waals surface area (Å²) in [6, 6.07) is 8.60. The number of aromatic nitrogens is 4. The van der Waals surface area contributed by atoms with E-state index in [-0.39, 0.29) is 25.2 Å². The number of para-hydroxylation sites is 1. The molecule has 0 radical (unpaired) electrons. The lowest BCUT2D eigenvalue weighted by Gasteiger charge is -2.24. The number of aliphatic carboxylic acids is 1. The van der Waals surface area contributed by atoms with Gasteiger partial charge in [-0.2, -0.15) is 0 Å². The van der Waals surface area contributed by atoms with Gasteiger partial charge in [0.25, 0.3) is 0 Å². The second kappa shape index (κ2) is 10.3. The third kappa shape index (κ3) is 6.50. The zero-order valence-corrected chi connectivity index (χ0v) is 19.6. The summed E-state index contributed by atoms with van der Waals surface area (Å²) < 4.78 is 32.2. The van der Waals surface area contributed by atoms with E-state index >= 15 is 0 Å². The summed E-state index contributed by atoms with van der Waals surface area (Å²) in [5.41, 5.74) is 5.85. The Labute approximate surface area is 191 Å². The Hall–Kier alpha value is -3.01. The highest BCUT2D eigenvalue weighted by Gasteiger charge is 2.32. The molecule has 2 atom stereocenters. The second-order valence-electron chi connectivity index (χ2n) is 8.22. The van der Waals surface area contributed by atoms with E-state index in [4.69, 9.17) is 19.5 Å². The molecule has 12 heteroatoms. The minimum atomic E-state index is -3.74. The van der Waals surface area contributed by atoms with E-state index in [9.17, 15) is 14.5 Å². The number of imidazole rings is 1. The SMILES string of the molecule is C[C@H](Cn1cnc2c(N)ncnc21)OCP(=O)(OCCC(C)(C)C(=O)O)Oc1ccccc1. The Balaban J connectivity index is 1.66. The van der Waals surface area contributed by atoms with E-state index in [0.29, 0.717) is 23.5 Å². The van der Waals surface area contributed by atoms with Gasteiger partial charge in [0.1, 0.15) is 17.6 Å². The first-order valence-electron chi connectivity index (χ1n) is 10.3. The van der Waals surface area contributed by atoms with Crippen LogP contribution < -0.4 is 10.3 Å². The molecule has 0 bridgehead atoms. The Morgan fingerprint density at radius 1 is 1.24 bits per heavy atom. The number of nitrogen functional groups attached to an aromatic ring is 1. The highest BCUT2D eigenvalue weighted by Crippen LogP contribution is 2.49. The van der Waals surface area contributed by atoms with Crippen molar-refractivity contribution in [3.05, 3.63) is 43.0 Å². The van der Waals surface area contributed by atoms with Crippen molar-refractivity contribution in [2.45, 2.75) is 39.8 Å². The number of anilines is 1. The van der Waals surface area contributed by atoms with Crippen molar-refractivity contribution in [3.8, 4) is 5.75 Å². The number of carboxylic acid groups (broad SMARTS) is 1. The highest BCUT2D eigenvalue weighted by atomic mass is 31.2. The molecule has 11 nitrogen and oxygen atoms in total. The van der Waals surface area contributed by atoms with Crippen molar-refractivity contribution in [2.24, 2.45) is 5.41 Å². The lowest BCUT2D eigenvalue weighted by Crippen LogP contribution is -2.25. The molecule has 3 rings (SSSR count). The van der Waals surface area contributed by atoms with Crippen molar-refractivity contribution < 1.29 is 28.3 Å². The lowest BCUT2D eigenvalue weighted by molar-refractivity contribution is -0.147. The Morgan fingerprint density at radius 3 is 2.67 bits per heavy atom. The third-order valence-corrected chi connectivity index (χ3v) is 6.51. The summed E-state index contributed by atoms with van der Waals surface area (Å²) in [7, 11) is -3.74. The predicted octanol–water partition coefficient (Wildman–Crippen LogP) is 3.56. The van der Waals surface area contributed by atoms with Gasteiger partial charge in [0.2, 0.25) is 0 Å². The van der Waals surface area contributed by atoms with Gasteiger partial charge in [0.15, 0.2) is 17.8 Å². The van der Waals surface area contributed by atoms with E-state index in [0.717, 1.165) is 0 Å². The van der Waals surface area contributed by atoms with Crippen molar-refractivity contribution in [3.63, 3.8) is 0 Å². The number of ether oxygens (including phenoxy) is 1. The number of nitrogens with zero attached hydrogens (tertiary/aromatic N) is 4. The van der Waals surface area contributed by atoms with Crippen LogP contribution in [0.25, 0.3) is 11.2 Å². The molecule has 0 spiro atoms. The van der Waals surface area contributed by atoms with Crippen LogP contribution in [0.4, 0.5) is 5.82 Å². The van der Waals surface area contributed by atoms with Gasteiger partial charge in [0.05, 0.1) is 31.0 Å². The fourth-order valence-corrected chi connectivity index (χ4v) is 4.29. The number of benzene rings is 1. The normalized spacial score (nSPS) is 14.6. The molecule has 0 aliphatic rings. The molecule has 3 aromatic rings. The Bertz CT molecular complexity index is 1140. The van der Waals surface area contributed by atoms with Crippen LogP contribution in [0.2, 0.25) is 0 Å². The first kappa shape index (κ1) is 24.6. The molecule has 1 unspecified atom stereocenters. The molecule has 2 aromatic heterocycles. The summed E-state index contributed by atoms with van der Waals surface area (Å²) in [4.78, 5) is 23.7. The maximum atomic E-state index is 13.4. The van der Waals surface area contributed by atoms with Crippen LogP contribution in [-0.2, 0) is 25.2 Å². The number of rotatable bonds is 12. The van der Waals surface area contributed by atoms with Crippen molar-refractivity contribution in [2.75, 3.05) is 18.7 Å². The average Bonchev–Trinajstić information content (AvgIpc) is 3.17. The summed E-state index contributed by atoms with van der Waals surface area (Å²) in [5.74, 6) is -0.320. The molecule has 0 fully saturated rings. The minimum absolute atomic E-state index is 0.0660. The fraction of sp³-hybridized carbons (Fsp3) is 0.429. The summed E-state index contributed by atoms with van der Waals surface area (Å²) >= 11 is 0. The molecule has 0 amide bonds. The van der Waals surface area contributed by atoms with Crippen LogP contribution in [0.3, 0.4) is 0 Å². The van der Waals surface area contributed by atoms with Gasteiger partial charge in [-0.1, -0.05) is 18.2 Å². The van der Waals surface area contributed by atoms with E-state index in [2.05, 4.69) is 15.0 Å². The van der Waals surface area contributed by atoms with Gasteiger partial charge in [-0.15, -0.1) is 0 Å². The van der Waals surface area contributed by atoms with Crippen LogP contribution >= 0.6 is 7.60 Å². The van der Waals surface area contributed by atoms with Gasteiger partial charge >= 0.3 is 13.6 Å². The molecular formula is C21H28N5O6P. The number of hydrogen-bond donors (Lipinski definition) is 2. The summed E-state index contributed by atoms with van der Waals surface area (Å²) in [6.45, 7) is 5.25. The van der Waals surface area contributed by atoms with Crippen LogP contribution in [0.1, 0.15) is 27.2 Å². The van der Waals surface area contributed by atoms with Crippen LogP contribution in [0.15, 0.2) is 43.0 Å². The highest BCUT2D eigenvalue weighted by molar-refractivity contribution is 7.54. The number of carboxylic acids is 1. The zero-order valence-electron chi connectivity index (χ0n) is 18.7. The number of hydrogen-bond acceptors (Lipinski definition) is 9. The molecule has 3 N–H and O–H groups in total. The first-order valence-corrected chi connectivity index (χ1v) is 12.1. The fourth-order valence-electron chi connectivity index (χ4n) is 2.86. The molecule has 2 heterocycles. The lowest BCUT2D eigenvalue weighted by atomic mass is 9.90. The standard InChI is InChI=1S/C21H28N5O6P/c1-15(11-26-13-25-17-18(22)23-12-24-19(17)26)30-14-33(29,32-16-7-5-4-6-8-16)31-10-9-21(2,3)20(27)28/h4-8,12-13,15H,9-11,14H2,1-3H3,(H,27,28)(H2,22,23,24)/t15-,33?/m1/s1. The van der Waals surface area contributed by atoms with Crippen LogP contribution in [-0.4, -0.2) is 49.7 Å². The maximum absolute atomic E-state index is 13.4. The van der Waals surface area contributed by atoms with Gasteiger partial charge in [0, 0.05) is 0 Å². The number of fused-ring (bicyclic) bond motifs is 1. The average molecular weight is 477 g/mol. The summed E-state index contributed by atoms with van der Waals surface area (Å²) in [6.07, 6.45) is 2.38. The second-order valence-corrected chi connectivity index (χ2v) is 10.1. The summed E-state index contributed by atoms with van der Waals surface area (Å²) in [5, 5.41) is 9.29. The predicted molar refractivity (Wildman–Crippen MR) is 122 cm³/mol. The molecule has 0 saturated heterocycles. The van der Waals surface area contributed by atoms with Gasteiger partial charge in [-0.3, -0.25) is 9.32 Å². The maximum Gasteiger partial charge on any atom is 0.404 e. The van der Waals surface area contributed by atoms with Crippen LogP contribution in [0, 0.1) is 5.41 Å². The number of carbonyl (C=O) groups is 1.